The number of benzene rings is 1. The van der Waals surface area contributed by atoms with Gasteiger partial charge >= 0.3 is 0 Å². The standard InChI is InChI=1S/C25H38N8O7/c1-15(34)30-21(13-16-4-10-19(35)11-5-16)23(37)29-14-22(36)32-20(3-2-12-28-25(26)27)24(38)31-17-6-8-18(9-7-17)33(39)40/h6-9,16,19-21,35H,2-5,10-14H2,1H3,(H,29,37)(H,30,34)(H,31,38)(H,32,36)(H4,26,27,28)/t16?,19?,20?,21-/m1/s1. The van der Waals surface area contributed by atoms with Gasteiger partial charge in [-0.05, 0) is 63.0 Å². The number of nitrogens with one attached hydrogen (secondary N) is 4. The molecule has 1 aromatic carbocycles. The zero-order valence-electron chi connectivity index (χ0n) is 22.4. The van der Waals surface area contributed by atoms with E-state index in [9.17, 15) is 34.4 Å². The van der Waals surface area contributed by atoms with Crippen molar-refractivity contribution < 1.29 is 29.2 Å². The Morgan fingerprint density at radius 3 is 2.27 bits per heavy atom. The van der Waals surface area contributed by atoms with Crippen LogP contribution in [0.5, 0.6) is 0 Å². The Bertz CT molecular complexity index is 1070. The molecule has 40 heavy (non-hydrogen) atoms. The molecule has 1 unspecified atom stereocenters. The van der Waals surface area contributed by atoms with E-state index >= 15 is 0 Å². The second-order valence-electron chi connectivity index (χ2n) is 9.74. The summed E-state index contributed by atoms with van der Waals surface area (Å²) in [5.41, 5.74) is 10.8. The number of anilines is 1. The van der Waals surface area contributed by atoms with Crippen LogP contribution in [0.25, 0.3) is 0 Å². The van der Waals surface area contributed by atoms with Crippen LogP contribution in [0.2, 0.25) is 0 Å². The molecular weight excluding hydrogens is 524 g/mol. The monoisotopic (exact) mass is 562 g/mol. The number of aliphatic hydroxyl groups excluding tert-OH is 1. The summed E-state index contributed by atoms with van der Waals surface area (Å²) in [6.45, 7) is 1.08. The molecule has 1 aliphatic rings. The van der Waals surface area contributed by atoms with Crippen LogP contribution in [0.3, 0.4) is 0 Å². The van der Waals surface area contributed by atoms with Gasteiger partial charge in [0.25, 0.3) is 5.69 Å². The van der Waals surface area contributed by atoms with Gasteiger partial charge in [-0.1, -0.05) is 0 Å². The summed E-state index contributed by atoms with van der Waals surface area (Å²) >= 11 is 0. The highest BCUT2D eigenvalue weighted by Gasteiger charge is 2.28. The maximum Gasteiger partial charge on any atom is 0.269 e. The van der Waals surface area contributed by atoms with Gasteiger partial charge in [-0.3, -0.25) is 34.3 Å². The van der Waals surface area contributed by atoms with E-state index in [-0.39, 0.29) is 42.5 Å². The first kappa shape index (κ1) is 31.9. The van der Waals surface area contributed by atoms with E-state index in [1.54, 1.807) is 0 Å². The lowest BCUT2D eigenvalue weighted by Gasteiger charge is -2.28. The summed E-state index contributed by atoms with van der Waals surface area (Å²) in [5, 5.41) is 30.9. The molecule has 0 spiro atoms. The van der Waals surface area contributed by atoms with Crippen LogP contribution in [-0.4, -0.2) is 70.9 Å². The fourth-order valence-corrected chi connectivity index (χ4v) is 4.39. The first-order chi connectivity index (χ1) is 18.9. The third-order valence-corrected chi connectivity index (χ3v) is 6.45. The van der Waals surface area contributed by atoms with Crippen LogP contribution >= 0.6 is 0 Å². The maximum absolute atomic E-state index is 12.9. The highest BCUT2D eigenvalue weighted by molar-refractivity contribution is 5.98. The lowest BCUT2D eigenvalue weighted by molar-refractivity contribution is -0.384. The van der Waals surface area contributed by atoms with Crippen molar-refractivity contribution in [3.05, 3.63) is 34.4 Å². The summed E-state index contributed by atoms with van der Waals surface area (Å²) < 4.78 is 0. The average molecular weight is 563 g/mol. The number of guanidine groups is 1. The second-order valence-corrected chi connectivity index (χ2v) is 9.74. The number of nitro groups is 1. The average Bonchev–Trinajstić information content (AvgIpc) is 2.89. The Morgan fingerprint density at radius 2 is 1.70 bits per heavy atom. The molecule has 15 nitrogen and oxygen atoms in total. The zero-order chi connectivity index (χ0) is 29.7. The normalized spacial score (nSPS) is 17.9. The van der Waals surface area contributed by atoms with Crippen LogP contribution in [0.1, 0.15) is 51.9 Å². The third kappa shape index (κ3) is 11.6. The molecule has 1 fully saturated rings. The van der Waals surface area contributed by atoms with Crippen LogP contribution < -0.4 is 32.7 Å². The number of hydrogen-bond acceptors (Lipinski definition) is 8. The molecule has 0 aromatic heterocycles. The number of nitrogens with zero attached hydrogens (tertiary/aromatic N) is 2. The molecule has 9 N–H and O–H groups in total. The van der Waals surface area contributed by atoms with Crippen molar-refractivity contribution in [3.8, 4) is 0 Å². The largest absolute Gasteiger partial charge is 0.393 e. The van der Waals surface area contributed by atoms with Gasteiger partial charge in [0.2, 0.25) is 23.6 Å². The van der Waals surface area contributed by atoms with E-state index in [1.807, 2.05) is 0 Å². The number of rotatable bonds is 14. The summed E-state index contributed by atoms with van der Waals surface area (Å²) in [6.07, 6.45) is 3.28. The molecule has 0 saturated heterocycles. The Morgan fingerprint density at radius 1 is 1.05 bits per heavy atom. The van der Waals surface area contributed by atoms with E-state index in [0.717, 1.165) is 12.8 Å². The smallest absolute Gasteiger partial charge is 0.269 e. The molecule has 4 amide bonds. The lowest BCUT2D eigenvalue weighted by Crippen LogP contribution is -2.51. The molecule has 220 valence electrons. The molecule has 0 heterocycles. The van der Waals surface area contributed by atoms with Crippen molar-refractivity contribution in [3.63, 3.8) is 0 Å². The molecule has 0 radical (unpaired) electrons. The predicted molar refractivity (Wildman–Crippen MR) is 147 cm³/mol. The molecule has 2 rings (SSSR count). The number of aliphatic imine (C=N–C) groups is 1. The van der Waals surface area contributed by atoms with E-state index in [2.05, 4.69) is 26.3 Å². The minimum atomic E-state index is -1.02. The van der Waals surface area contributed by atoms with Gasteiger partial charge in [0.1, 0.15) is 12.1 Å². The number of amides is 4. The van der Waals surface area contributed by atoms with Crippen molar-refractivity contribution in [1.82, 2.24) is 16.0 Å². The summed E-state index contributed by atoms with van der Waals surface area (Å²) in [7, 11) is 0. The highest BCUT2D eigenvalue weighted by atomic mass is 16.6. The van der Waals surface area contributed by atoms with Crippen LogP contribution in [0.15, 0.2) is 29.3 Å². The molecule has 1 aromatic rings. The van der Waals surface area contributed by atoms with Crippen LogP contribution in [-0.2, 0) is 19.2 Å². The van der Waals surface area contributed by atoms with E-state index < -0.39 is 41.3 Å². The molecule has 2 atom stereocenters. The van der Waals surface area contributed by atoms with Crippen molar-refractivity contribution in [1.29, 1.82) is 0 Å². The first-order valence-electron chi connectivity index (χ1n) is 13.1. The topological polar surface area (TPSA) is 244 Å². The van der Waals surface area contributed by atoms with Gasteiger partial charge in [0.15, 0.2) is 5.96 Å². The van der Waals surface area contributed by atoms with Gasteiger partial charge in [0, 0.05) is 31.3 Å². The number of non-ortho nitro benzene ring substituents is 1. The zero-order valence-corrected chi connectivity index (χ0v) is 22.4. The molecular formula is C25H38N8O7. The number of carbonyl (C=O) groups excluding carboxylic acids is 4. The van der Waals surface area contributed by atoms with Crippen molar-refractivity contribution >= 4 is 41.0 Å². The molecule has 0 aliphatic heterocycles. The third-order valence-electron chi connectivity index (χ3n) is 6.45. The van der Waals surface area contributed by atoms with Gasteiger partial charge in [-0.25, -0.2) is 0 Å². The maximum atomic E-state index is 12.9. The summed E-state index contributed by atoms with van der Waals surface area (Å²) in [6, 6.07) is 3.34. The Labute approximate surface area is 231 Å². The van der Waals surface area contributed by atoms with Crippen LogP contribution in [0.4, 0.5) is 11.4 Å². The number of nitrogens with two attached hydrogens (primary N) is 2. The Balaban J connectivity index is 1.98. The van der Waals surface area contributed by atoms with Crippen LogP contribution in [0, 0.1) is 16.0 Å². The highest BCUT2D eigenvalue weighted by Crippen LogP contribution is 2.27. The van der Waals surface area contributed by atoms with Gasteiger partial charge < -0.3 is 37.8 Å². The van der Waals surface area contributed by atoms with Crippen molar-refractivity contribution in [2.45, 2.75) is 70.1 Å². The predicted octanol–water partition coefficient (Wildman–Crippen LogP) is -0.366. The molecule has 0 bridgehead atoms. The van der Waals surface area contributed by atoms with Gasteiger partial charge in [-0.15, -0.1) is 0 Å². The van der Waals surface area contributed by atoms with Gasteiger partial charge in [-0.2, -0.15) is 0 Å². The number of aliphatic hydroxyl groups is 1. The second kappa shape index (κ2) is 16.0. The SMILES string of the molecule is CC(=O)N[C@H](CC1CCC(O)CC1)C(=O)NCC(=O)NC(CCCN=C(N)N)C(=O)Nc1ccc([N+](=O)[O-])cc1. The summed E-state index contributed by atoms with van der Waals surface area (Å²) in [5.74, 6) is -2.09. The van der Waals surface area contributed by atoms with E-state index in [1.165, 1.54) is 31.2 Å². The van der Waals surface area contributed by atoms with E-state index in [4.69, 9.17) is 11.5 Å². The molecule has 1 saturated carbocycles. The first-order valence-corrected chi connectivity index (χ1v) is 13.1. The minimum Gasteiger partial charge on any atom is -0.393 e. The Hall–Kier alpha value is -4.27. The van der Waals surface area contributed by atoms with Crippen molar-refractivity contribution in [2.24, 2.45) is 22.4 Å². The minimum absolute atomic E-state index is 0.114. The summed E-state index contributed by atoms with van der Waals surface area (Å²) in [4.78, 5) is 64.2. The number of hydrogen-bond donors (Lipinski definition) is 7. The fraction of sp³-hybridized carbons (Fsp3) is 0.560. The number of nitro benzene ring substituents is 1. The lowest BCUT2D eigenvalue weighted by atomic mass is 9.83. The molecule has 15 heteroatoms. The Kier molecular flexibility index (Phi) is 12.8. The van der Waals surface area contributed by atoms with E-state index in [0.29, 0.717) is 31.4 Å². The quantitative estimate of drug-likeness (QED) is 0.0513. The number of carbonyl (C=O) groups is 4. The fourth-order valence-electron chi connectivity index (χ4n) is 4.39. The molecule has 1 aliphatic carbocycles. The van der Waals surface area contributed by atoms with Gasteiger partial charge in [0.05, 0.1) is 17.6 Å². The van der Waals surface area contributed by atoms with Crippen molar-refractivity contribution in [2.75, 3.05) is 18.4 Å².